The van der Waals surface area contributed by atoms with Crippen LogP contribution in [0, 0.1) is 5.92 Å². The van der Waals surface area contributed by atoms with E-state index in [1.807, 2.05) is 19.3 Å². The third-order valence-electron chi connectivity index (χ3n) is 4.48. The minimum atomic E-state index is 0.443. The molecule has 0 radical (unpaired) electrons. The van der Waals surface area contributed by atoms with Crippen LogP contribution in [0.5, 0.6) is 5.88 Å². The Morgan fingerprint density at radius 1 is 1.38 bits per heavy atom. The van der Waals surface area contributed by atoms with Crippen molar-refractivity contribution in [1.82, 2.24) is 15.2 Å². The highest BCUT2D eigenvalue weighted by atomic mass is 16.5. The molecule has 2 rings (SSSR count). The summed E-state index contributed by atoms with van der Waals surface area (Å²) in [5.74, 6) is 1.32. The molecular formula is C17H29N3O. The minimum absolute atomic E-state index is 0.443. The molecule has 0 saturated carbocycles. The Morgan fingerprint density at radius 3 is 2.76 bits per heavy atom. The molecule has 0 bridgehead atoms. The molecule has 21 heavy (non-hydrogen) atoms. The van der Waals surface area contributed by atoms with Gasteiger partial charge in [-0.15, -0.1) is 0 Å². The maximum absolute atomic E-state index is 5.19. The first kappa shape index (κ1) is 16.2. The van der Waals surface area contributed by atoms with E-state index in [-0.39, 0.29) is 0 Å². The summed E-state index contributed by atoms with van der Waals surface area (Å²) in [7, 11) is 3.71. The van der Waals surface area contributed by atoms with Gasteiger partial charge in [0.1, 0.15) is 0 Å². The van der Waals surface area contributed by atoms with Crippen molar-refractivity contribution in [3.05, 3.63) is 23.9 Å². The molecule has 0 amide bonds. The summed E-state index contributed by atoms with van der Waals surface area (Å²) < 4.78 is 5.19. The number of aromatic nitrogens is 1. The van der Waals surface area contributed by atoms with Crippen molar-refractivity contribution in [2.24, 2.45) is 5.92 Å². The Bertz CT molecular complexity index is 419. The highest BCUT2D eigenvalue weighted by Crippen LogP contribution is 2.36. The van der Waals surface area contributed by atoms with Crippen molar-refractivity contribution < 1.29 is 4.74 Å². The quantitative estimate of drug-likeness (QED) is 0.905. The zero-order chi connectivity index (χ0) is 15.2. The van der Waals surface area contributed by atoms with E-state index in [1.165, 1.54) is 31.4 Å². The summed E-state index contributed by atoms with van der Waals surface area (Å²) in [5.41, 5.74) is 1.31. The summed E-state index contributed by atoms with van der Waals surface area (Å²) in [4.78, 5) is 7.06. The van der Waals surface area contributed by atoms with Gasteiger partial charge in [0.2, 0.25) is 5.88 Å². The molecule has 4 heteroatoms. The lowest BCUT2D eigenvalue weighted by molar-refractivity contribution is 0.118. The number of hydrogen-bond donors (Lipinski definition) is 1. The maximum Gasteiger partial charge on any atom is 0.212 e. The topological polar surface area (TPSA) is 37.4 Å². The van der Waals surface area contributed by atoms with Gasteiger partial charge in [0, 0.05) is 24.3 Å². The van der Waals surface area contributed by atoms with Crippen LogP contribution in [-0.2, 0) is 0 Å². The van der Waals surface area contributed by atoms with Crippen LogP contribution >= 0.6 is 0 Å². The number of ether oxygens (including phenoxy) is 1. The average Bonchev–Trinajstić information content (AvgIpc) is 2.70. The fourth-order valence-corrected chi connectivity index (χ4v) is 3.48. The molecular weight excluding hydrogens is 262 g/mol. The Morgan fingerprint density at radius 2 is 2.19 bits per heavy atom. The van der Waals surface area contributed by atoms with Gasteiger partial charge in [-0.25, -0.2) is 4.98 Å². The standard InChI is InChI=1S/C17H29N3O/c1-13(2)20-10-6-5-7-14(11-18-3)17(20)15-8-9-16(21-4)19-12-15/h8-9,12-14,17-18H,5-7,10-11H2,1-4H3. The van der Waals surface area contributed by atoms with Crippen molar-refractivity contribution in [2.75, 3.05) is 27.2 Å². The largest absolute Gasteiger partial charge is 0.481 e. The molecule has 1 N–H and O–H groups in total. The average molecular weight is 291 g/mol. The Kier molecular flexibility index (Phi) is 6.00. The van der Waals surface area contributed by atoms with Crippen LogP contribution in [0.4, 0.5) is 0 Å². The number of methoxy groups -OCH3 is 1. The van der Waals surface area contributed by atoms with Crippen LogP contribution in [0.3, 0.4) is 0 Å². The summed E-state index contributed by atoms with van der Waals surface area (Å²) in [5, 5.41) is 3.38. The number of nitrogens with zero attached hydrogens (tertiary/aromatic N) is 2. The van der Waals surface area contributed by atoms with Crippen LogP contribution in [0.2, 0.25) is 0 Å². The highest BCUT2D eigenvalue weighted by molar-refractivity contribution is 5.22. The van der Waals surface area contributed by atoms with E-state index in [4.69, 9.17) is 4.74 Å². The van der Waals surface area contributed by atoms with E-state index < -0.39 is 0 Å². The summed E-state index contributed by atoms with van der Waals surface area (Å²) in [6.45, 7) is 6.83. The zero-order valence-corrected chi connectivity index (χ0v) is 13.8. The monoisotopic (exact) mass is 291 g/mol. The van der Waals surface area contributed by atoms with Gasteiger partial charge in [0.05, 0.1) is 7.11 Å². The summed E-state index contributed by atoms with van der Waals surface area (Å²) >= 11 is 0. The molecule has 0 aliphatic carbocycles. The molecule has 1 aromatic rings. The number of rotatable bonds is 5. The molecule has 1 aliphatic rings. The normalized spacial score (nSPS) is 24.0. The minimum Gasteiger partial charge on any atom is -0.481 e. The van der Waals surface area contributed by atoms with Crippen LogP contribution in [-0.4, -0.2) is 43.2 Å². The summed E-state index contributed by atoms with van der Waals surface area (Å²) in [6.07, 6.45) is 5.88. The molecule has 1 aliphatic heterocycles. The van der Waals surface area contributed by atoms with E-state index in [0.29, 0.717) is 23.9 Å². The van der Waals surface area contributed by atoms with Gasteiger partial charge in [0.15, 0.2) is 0 Å². The van der Waals surface area contributed by atoms with Gasteiger partial charge in [-0.2, -0.15) is 0 Å². The number of nitrogens with one attached hydrogen (secondary N) is 1. The lowest BCUT2D eigenvalue weighted by Crippen LogP contribution is -2.40. The number of likely N-dealkylation sites (tertiary alicyclic amines) is 1. The van der Waals surface area contributed by atoms with E-state index in [0.717, 1.165) is 6.54 Å². The van der Waals surface area contributed by atoms with Crippen molar-refractivity contribution in [1.29, 1.82) is 0 Å². The van der Waals surface area contributed by atoms with E-state index in [1.54, 1.807) is 7.11 Å². The molecule has 118 valence electrons. The number of pyridine rings is 1. The van der Waals surface area contributed by atoms with E-state index in [9.17, 15) is 0 Å². The third kappa shape index (κ3) is 3.95. The van der Waals surface area contributed by atoms with E-state index in [2.05, 4.69) is 35.1 Å². The second-order valence-electron chi connectivity index (χ2n) is 6.22. The smallest absolute Gasteiger partial charge is 0.212 e. The first-order chi connectivity index (χ1) is 10.2. The molecule has 0 spiro atoms. The molecule has 2 unspecified atom stereocenters. The van der Waals surface area contributed by atoms with Crippen molar-refractivity contribution in [2.45, 2.75) is 45.2 Å². The molecule has 0 aromatic carbocycles. The lowest BCUT2D eigenvalue weighted by Gasteiger charge is -2.38. The van der Waals surface area contributed by atoms with Crippen molar-refractivity contribution in [3.8, 4) is 5.88 Å². The predicted molar refractivity (Wildman–Crippen MR) is 86.6 cm³/mol. The fourth-order valence-electron chi connectivity index (χ4n) is 3.48. The fraction of sp³-hybridized carbons (Fsp3) is 0.706. The molecule has 4 nitrogen and oxygen atoms in total. The highest BCUT2D eigenvalue weighted by Gasteiger charge is 2.32. The summed E-state index contributed by atoms with van der Waals surface area (Å²) in [6, 6.07) is 5.16. The Hall–Kier alpha value is -1.13. The maximum atomic E-state index is 5.19. The lowest BCUT2D eigenvalue weighted by atomic mass is 9.89. The van der Waals surface area contributed by atoms with Gasteiger partial charge in [-0.3, -0.25) is 4.90 Å². The van der Waals surface area contributed by atoms with Crippen LogP contribution in [0.25, 0.3) is 0 Å². The first-order valence-corrected chi connectivity index (χ1v) is 8.07. The Labute approximate surface area is 128 Å². The van der Waals surface area contributed by atoms with Crippen LogP contribution in [0.15, 0.2) is 18.3 Å². The third-order valence-corrected chi connectivity index (χ3v) is 4.48. The van der Waals surface area contributed by atoms with Gasteiger partial charge in [0.25, 0.3) is 0 Å². The predicted octanol–water partition coefficient (Wildman–Crippen LogP) is 2.86. The molecule has 1 fully saturated rings. The molecule has 1 saturated heterocycles. The van der Waals surface area contributed by atoms with Gasteiger partial charge < -0.3 is 10.1 Å². The molecule has 2 atom stereocenters. The van der Waals surface area contributed by atoms with Gasteiger partial charge >= 0.3 is 0 Å². The van der Waals surface area contributed by atoms with E-state index >= 15 is 0 Å². The van der Waals surface area contributed by atoms with Crippen molar-refractivity contribution in [3.63, 3.8) is 0 Å². The Balaban J connectivity index is 2.32. The van der Waals surface area contributed by atoms with Crippen LogP contribution < -0.4 is 10.1 Å². The van der Waals surface area contributed by atoms with Crippen molar-refractivity contribution >= 4 is 0 Å². The van der Waals surface area contributed by atoms with Crippen LogP contribution in [0.1, 0.15) is 44.7 Å². The second-order valence-corrected chi connectivity index (χ2v) is 6.22. The molecule has 2 heterocycles. The number of hydrogen-bond acceptors (Lipinski definition) is 4. The SMILES string of the molecule is CNCC1CCCCN(C(C)C)C1c1ccc(OC)nc1. The second kappa shape index (κ2) is 7.76. The molecule has 1 aromatic heterocycles. The van der Waals surface area contributed by atoms with Gasteiger partial charge in [-0.1, -0.05) is 12.5 Å². The first-order valence-electron chi connectivity index (χ1n) is 8.07. The van der Waals surface area contributed by atoms with Gasteiger partial charge in [-0.05, 0) is 58.3 Å². The zero-order valence-electron chi connectivity index (χ0n) is 13.8.